The molecule has 1 aliphatic heterocycles. The summed E-state index contributed by atoms with van der Waals surface area (Å²) in [5, 5.41) is 3.66. The van der Waals surface area contributed by atoms with Crippen LogP contribution in [-0.2, 0) is 21.7 Å². The van der Waals surface area contributed by atoms with E-state index in [1.165, 1.54) is 11.1 Å². The average molecular weight is 437 g/mol. The molecule has 2 heterocycles. The van der Waals surface area contributed by atoms with Gasteiger partial charge >= 0.3 is 0 Å². The van der Waals surface area contributed by atoms with Gasteiger partial charge in [0.15, 0.2) is 11.7 Å². The van der Waals surface area contributed by atoms with Crippen LogP contribution in [0.25, 0.3) is 11.3 Å². The number of anilines is 1. The number of carbonyl (C=O) groups excluding carboxylic acids is 1. The van der Waals surface area contributed by atoms with E-state index in [1.807, 2.05) is 48.2 Å². The minimum Gasteiger partial charge on any atom is -0.441 e. The summed E-state index contributed by atoms with van der Waals surface area (Å²) in [5.41, 5.74) is 4.25. The monoisotopic (exact) mass is 436 g/mol. The molecule has 4 rings (SSSR count). The van der Waals surface area contributed by atoms with Gasteiger partial charge in [-0.15, -0.1) is 0 Å². The highest BCUT2D eigenvalue weighted by Crippen LogP contribution is 2.26. The van der Waals surface area contributed by atoms with E-state index in [0.29, 0.717) is 24.0 Å². The van der Waals surface area contributed by atoms with E-state index in [2.05, 4.69) is 29.4 Å². The van der Waals surface area contributed by atoms with Gasteiger partial charge in [0.25, 0.3) is 0 Å². The summed E-state index contributed by atoms with van der Waals surface area (Å²) in [6, 6.07) is 16.2. The summed E-state index contributed by atoms with van der Waals surface area (Å²) >= 11 is 1.97. The first-order valence-electron chi connectivity index (χ1n) is 10.8. The Morgan fingerprint density at radius 2 is 1.97 bits per heavy atom. The standard InChI is InChI=1S/C25H28N2O3S/c1-18-5-7-20(8-6-18)23-16-26-25(30-23)10-9-24(28)27-21-4-2-3-19(15-21)17-31-22-11-13-29-14-12-22/h2-8,15-16,22H,9-14,17H2,1H3,(H,27,28). The van der Waals surface area contributed by atoms with Gasteiger partial charge in [-0.05, 0) is 37.5 Å². The second kappa shape index (κ2) is 10.6. The van der Waals surface area contributed by atoms with Gasteiger partial charge in [-0.1, -0.05) is 42.0 Å². The van der Waals surface area contributed by atoms with E-state index >= 15 is 0 Å². The Hall–Kier alpha value is -2.57. The molecule has 0 spiro atoms. The first-order valence-corrected chi connectivity index (χ1v) is 11.8. The van der Waals surface area contributed by atoms with Crippen molar-refractivity contribution in [1.29, 1.82) is 0 Å². The lowest BCUT2D eigenvalue weighted by Crippen LogP contribution is -2.17. The van der Waals surface area contributed by atoms with Crippen molar-refractivity contribution in [3.8, 4) is 11.3 Å². The number of amides is 1. The largest absolute Gasteiger partial charge is 0.441 e. The van der Waals surface area contributed by atoms with E-state index in [9.17, 15) is 4.79 Å². The number of nitrogens with one attached hydrogen (secondary N) is 1. The van der Waals surface area contributed by atoms with Crippen molar-refractivity contribution >= 4 is 23.4 Å². The number of oxazole rings is 1. The van der Waals surface area contributed by atoms with Crippen LogP contribution in [-0.4, -0.2) is 29.4 Å². The van der Waals surface area contributed by atoms with E-state index in [-0.39, 0.29) is 5.91 Å². The molecular weight excluding hydrogens is 408 g/mol. The molecular formula is C25H28N2O3S. The van der Waals surface area contributed by atoms with Crippen molar-refractivity contribution < 1.29 is 13.9 Å². The molecule has 0 saturated carbocycles. The van der Waals surface area contributed by atoms with E-state index < -0.39 is 0 Å². The molecule has 5 nitrogen and oxygen atoms in total. The number of ether oxygens (including phenoxy) is 1. The number of aromatic nitrogens is 1. The van der Waals surface area contributed by atoms with E-state index in [0.717, 1.165) is 48.8 Å². The highest BCUT2D eigenvalue weighted by molar-refractivity contribution is 7.99. The Bertz CT molecular complexity index is 994. The lowest BCUT2D eigenvalue weighted by atomic mass is 10.1. The van der Waals surface area contributed by atoms with Crippen LogP contribution in [0.15, 0.2) is 59.1 Å². The number of hydrogen-bond donors (Lipinski definition) is 1. The fourth-order valence-corrected chi connectivity index (χ4v) is 4.65. The van der Waals surface area contributed by atoms with Crippen LogP contribution < -0.4 is 5.32 Å². The first-order chi connectivity index (χ1) is 15.2. The maximum atomic E-state index is 12.4. The second-order valence-electron chi connectivity index (χ2n) is 7.86. The normalized spacial score (nSPS) is 14.5. The molecule has 162 valence electrons. The van der Waals surface area contributed by atoms with Gasteiger partial charge in [-0.25, -0.2) is 4.98 Å². The molecule has 1 aliphatic rings. The SMILES string of the molecule is Cc1ccc(-c2cnc(CCC(=O)Nc3cccc(CSC4CCOCC4)c3)o2)cc1. The van der Waals surface area contributed by atoms with Crippen LogP contribution in [0, 0.1) is 6.92 Å². The average Bonchev–Trinajstić information content (AvgIpc) is 3.27. The van der Waals surface area contributed by atoms with Crippen LogP contribution in [0.4, 0.5) is 5.69 Å². The van der Waals surface area contributed by atoms with Gasteiger partial charge in [0.2, 0.25) is 5.91 Å². The van der Waals surface area contributed by atoms with Crippen molar-refractivity contribution in [3.05, 3.63) is 71.7 Å². The number of benzene rings is 2. The van der Waals surface area contributed by atoms with Gasteiger partial charge in [0, 0.05) is 48.3 Å². The van der Waals surface area contributed by atoms with Crippen LogP contribution in [0.1, 0.15) is 36.3 Å². The van der Waals surface area contributed by atoms with Gasteiger partial charge < -0.3 is 14.5 Å². The lowest BCUT2D eigenvalue weighted by molar-refractivity contribution is -0.116. The van der Waals surface area contributed by atoms with Crippen molar-refractivity contribution in [1.82, 2.24) is 4.98 Å². The van der Waals surface area contributed by atoms with Gasteiger partial charge in [-0.3, -0.25) is 4.79 Å². The fourth-order valence-electron chi connectivity index (χ4n) is 3.52. The number of carbonyl (C=O) groups is 1. The number of nitrogens with zero attached hydrogens (tertiary/aromatic N) is 1. The molecule has 3 aromatic rings. The van der Waals surface area contributed by atoms with Crippen LogP contribution in [0.3, 0.4) is 0 Å². The van der Waals surface area contributed by atoms with Crippen LogP contribution in [0.2, 0.25) is 0 Å². The van der Waals surface area contributed by atoms with Crippen molar-refractivity contribution in [3.63, 3.8) is 0 Å². The minimum absolute atomic E-state index is 0.0377. The molecule has 0 radical (unpaired) electrons. The Kier molecular flexibility index (Phi) is 7.43. The predicted octanol–water partition coefficient (Wildman–Crippen LogP) is 5.63. The Balaban J connectivity index is 1.25. The Morgan fingerprint density at radius 1 is 1.16 bits per heavy atom. The summed E-state index contributed by atoms with van der Waals surface area (Å²) in [6.07, 6.45) is 4.75. The van der Waals surface area contributed by atoms with E-state index in [1.54, 1.807) is 6.20 Å². The lowest BCUT2D eigenvalue weighted by Gasteiger charge is -2.21. The Labute approximate surface area is 187 Å². The highest BCUT2D eigenvalue weighted by atomic mass is 32.2. The summed E-state index contributed by atoms with van der Waals surface area (Å²) in [7, 11) is 0. The number of thioether (sulfide) groups is 1. The maximum Gasteiger partial charge on any atom is 0.224 e. The molecule has 31 heavy (non-hydrogen) atoms. The molecule has 1 fully saturated rings. The van der Waals surface area contributed by atoms with Crippen LogP contribution in [0.5, 0.6) is 0 Å². The van der Waals surface area contributed by atoms with Crippen molar-refractivity contribution in [2.24, 2.45) is 0 Å². The first kappa shape index (κ1) is 21.7. The van der Waals surface area contributed by atoms with Gasteiger partial charge in [0.05, 0.1) is 6.20 Å². The Morgan fingerprint density at radius 3 is 2.77 bits per heavy atom. The molecule has 1 N–H and O–H groups in total. The molecule has 0 bridgehead atoms. The molecule has 1 amide bonds. The molecule has 1 aromatic heterocycles. The van der Waals surface area contributed by atoms with E-state index in [4.69, 9.17) is 9.15 Å². The molecule has 2 aromatic carbocycles. The van der Waals surface area contributed by atoms with Crippen molar-refractivity contribution in [2.45, 2.75) is 43.6 Å². The number of aryl methyl sites for hydroxylation is 2. The third kappa shape index (κ3) is 6.45. The highest BCUT2D eigenvalue weighted by Gasteiger charge is 2.14. The second-order valence-corrected chi connectivity index (χ2v) is 9.14. The van der Waals surface area contributed by atoms with Crippen molar-refractivity contribution in [2.75, 3.05) is 18.5 Å². The topological polar surface area (TPSA) is 64.4 Å². The summed E-state index contributed by atoms with van der Waals surface area (Å²) in [4.78, 5) is 16.7. The van der Waals surface area contributed by atoms with Crippen LogP contribution >= 0.6 is 11.8 Å². The summed E-state index contributed by atoms with van der Waals surface area (Å²) < 4.78 is 11.2. The molecule has 0 unspecified atom stereocenters. The maximum absolute atomic E-state index is 12.4. The minimum atomic E-state index is -0.0377. The quantitative estimate of drug-likeness (QED) is 0.495. The fraction of sp³-hybridized carbons (Fsp3) is 0.360. The smallest absolute Gasteiger partial charge is 0.224 e. The predicted molar refractivity (Wildman–Crippen MR) is 125 cm³/mol. The molecule has 1 saturated heterocycles. The molecule has 0 aliphatic carbocycles. The number of rotatable bonds is 8. The third-order valence-corrected chi connectivity index (χ3v) is 6.76. The molecule has 6 heteroatoms. The molecule has 0 atom stereocenters. The van der Waals surface area contributed by atoms with Gasteiger partial charge in [0.1, 0.15) is 0 Å². The summed E-state index contributed by atoms with van der Waals surface area (Å²) in [5.74, 6) is 2.22. The van der Waals surface area contributed by atoms with Gasteiger partial charge in [-0.2, -0.15) is 11.8 Å². The number of hydrogen-bond acceptors (Lipinski definition) is 5. The summed E-state index contributed by atoms with van der Waals surface area (Å²) in [6.45, 7) is 3.78. The zero-order valence-corrected chi connectivity index (χ0v) is 18.6. The zero-order valence-electron chi connectivity index (χ0n) is 17.8. The third-order valence-electron chi connectivity index (χ3n) is 5.32. The zero-order chi connectivity index (χ0) is 21.5.